The predicted octanol–water partition coefficient (Wildman–Crippen LogP) is 3.19. The molecule has 3 nitrogen and oxygen atoms in total. The topological polar surface area (TPSA) is 41.1 Å². The molecule has 1 amide bonds. The van der Waals surface area contributed by atoms with E-state index in [4.69, 9.17) is 0 Å². The number of benzene rings is 1. The number of amides is 1. The van der Waals surface area contributed by atoms with Gasteiger partial charge in [-0.15, -0.1) is 12.4 Å². The normalized spacial score (nSPS) is 20.2. The van der Waals surface area contributed by atoms with Crippen LogP contribution in [0.1, 0.15) is 37.8 Å². The van der Waals surface area contributed by atoms with Crippen LogP contribution < -0.4 is 10.6 Å². The quantitative estimate of drug-likeness (QED) is 0.881. The van der Waals surface area contributed by atoms with Crippen molar-refractivity contribution in [3.63, 3.8) is 0 Å². The van der Waals surface area contributed by atoms with E-state index < -0.39 is 0 Å². The van der Waals surface area contributed by atoms with Crippen LogP contribution >= 0.6 is 28.3 Å². The summed E-state index contributed by atoms with van der Waals surface area (Å²) >= 11 is 3.52. The van der Waals surface area contributed by atoms with Crippen molar-refractivity contribution >= 4 is 34.2 Å². The van der Waals surface area contributed by atoms with Crippen molar-refractivity contribution in [2.75, 3.05) is 6.54 Å². The molecule has 1 heterocycles. The highest BCUT2D eigenvalue weighted by Gasteiger charge is 2.22. The highest BCUT2D eigenvalue weighted by molar-refractivity contribution is 9.10. The molecule has 1 unspecified atom stereocenters. The van der Waals surface area contributed by atoms with Crippen LogP contribution in [0.15, 0.2) is 28.7 Å². The number of rotatable bonds is 3. The minimum atomic E-state index is -0.0244. The maximum absolute atomic E-state index is 12.1. The van der Waals surface area contributed by atoms with Gasteiger partial charge in [0.25, 0.3) is 0 Å². The molecule has 2 atom stereocenters. The summed E-state index contributed by atoms with van der Waals surface area (Å²) in [6.45, 7) is 2.96. The van der Waals surface area contributed by atoms with E-state index in [0.29, 0.717) is 0 Å². The van der Waals surface area contributed by atoms with E-state index >= 15 is 0 Å². The number of carbonyl (C=O) groups is 1. The Bertz CT molecular complexity index is 422. The van der Waals surface area contributed by atoms with E-state index in [-0.39, 0.29) is 30.4 Å². The first-order chi connectivity index (χ1) is 8.68. The van der Waals surface area contributed by atoms with Gasteiger partial charge in [-0.2, -0.15) is 0 Å². The first kappa shape index (κ1) is 16.5. The average molecular weight is 348 g/mol. The molecule has 0 saturated carbocycles. The van der Waals surface area contributed by atoms with Gasteiger partial charge in [0.15, 0.2) is 0 Å². The molecule has 2 N–H and O–H groups in total. The highest BCUT2D eigenvalue weighted by Crippen LogP contribution is 2.23. The Morgan fingerprint density at radius 1 is 1.42 bits per heavy atom. The lowest BCUT2D eigenvalue weighted by Gasteiger charge is -2.25. The molecule has 106 valence electrons. The van der Waals surface area contributed by atoms with Crippen molar-refractivity contribution in [3.05, 3.63) is 34.3 Å². The molecule has 1 aliphatic rings. The molecule has 0 spiro atoms. The van der Waals surface area contributed by atoms with Gasteiger partial charge in [-0.05, 0) is 37.9 Å². The van der Waals surface area contributed by atoms with Gasteiger partial charge in [0.05, 0.1) is 12.1 Å². The molecule has 0 bridgehead atoms. The van der Waals surface area contributed by atoms with E-state index in [1.807, 2.05) is 31.2 Å². The van der Waals surface area contributed by atoms with Crippen LogP contribution in [0, 0.1) is 0 Å². The molecule has 0 aromatic heterocycles. The standard InChI is InChI=1S/C14H19BrN2O.ClH/c1-10(11-6-2-3-7-12(11)15)17-14(18)13-8-4-5-9-16-13;/h2-3,6-7,10,13,16H,4-5,8-9H2,1H3,(H,17,18);1H/t10?,13-;/m0./s1. The zero-order valence-electron chi connectivity index (χ0n) is 11.0. The summed E-state index contributed by atoms with van der Waals surface area (Å²) < 4.78 is 1.04. The van der Waals surface area contributed by atoms with Crippen molar-refractivity contribution in [2.24, 2.45) is 0 Å². The van der Waals surface area contributed by atoms with Crippen molar-refractivity contribution < 1.29 is 4.79 Å². The van der Waals surface area contributed by atoms with E-state index in [2.05, 4.69) is 26.6 Å². The molecule has 1 aromatic rings. The van der Waals surface area contributed by atoms with Gasteiger partial charge < -0.3 is 10.6 Å². The van der Waals surface area contributed by atoms with Crippen LogP contribution in [-0.4, -0.2) is 18.5 Å². The zero-order valence-corrected chi connectivity index (χ0v) is 13.4. The van der Waals surface area contributed by atoms with Crippen LogP contribution in [0.3, 0.4) is 0 Å². The Labute approximate surface area is 129 Å². The molecule has 1 aromatic carbocycles. The minimum Gasteiger partial charge on any atom is -0.348 e. The summed E-state index contributed by atoms with van der Waals surface area (Å²) in [6.07, 6.45) is 3.24. The number of piperidine rings is 1. The maximum Gasteiger partial charge on any atom is 0.237 e. The van der Waals surface area contributed by atoms with Gasteiger partial charge in [0, 0.05) is 4.47 Å². The van der Waals surface area contributed by atoms with Crippen molar-refractivity contribution in [2.45, 2.75) is 38.3 Å². The van der Waals surface area contributed by atoms with Gasteiger partial charge in [0.2, 0.25) is 5.91 Å². The van der Waals surface area contributed by atoms with Gasteiger partial charge in [-0.25, -0.2) is 0 Å². The molecular formula is C14H20BrClN2O. The van der Waals surface area contributed by atoms with E-state index in [1.54, 1.807) is 0 Å². The van der Waals surface area contributed by atoms with Gasteiger partial charge in [-0.3, -0.25) is 4.79 Å². The summed E-state index contributed by atoms with van der Waals surface area (Å²) in [7, 11) is 0. The van der Waals surface area contributed by atoms with Gasteiger partial charge >= 0.3 is 0 Å². The lowest BCUT2D eigenvalue weighted by molar-refractivity contribution is -0.124. The minimum absolute atomic E-state index is 0. The Kier molecular flexibility index (Phi) is 6.83. The Morgan fingerprint density at radius 3 is 2.79 bits per heavy atom. The van der Waals surface area contributed by atoms with Gasteiger partial charge in [-0.1, -0.05) is 40.5 Å². The average Bonchev–Trinajstić information content (AvgIpc) is 2.40. The Morgan fingerprint density at radius 2 is 2.16 bits per heavy atom. The molecule has 1 saturated heterocycles. The molecule has 0 radical (unpaired) electrons. The number of hydrogen-bond donors (Lipinski definition) is 2. The number of hydrogen-bond acceptors (Lipinski definition) is 2. The summed E-state index contributed by atoms with van der Waals surface area (Å²) in [4.78, 5) is 12.1. The van der Waals surface area contributed by atoms with Crippen molar-refractivity contribution in [1.82, 2.24) is 10.6 Å². The van der Waals surface area contributed by atoms with Crippen LogP contribution in [0.2, 0.25) is 0 Å². The van der Waals surface area contributed by atoms with Crippen LogP contribution in [0.25, 0.3) is 0 Å². The largest absolute Gasteiger partial charge is 0.348 e. The molecule has 5 heteroatoms. The fourth-order valence-corrected chi connectivity index (χ4v) is 2.92. The van der Waals surface area contributed by atoms with Crippen molar-refractivity contribution in [1.29, 1.82) is 0 Å². The molecule has 2 rings (SSSR count). The fourth-order valence-electron chi connectivity index (χ4n) is 2.29. The number of carbonyl (C=O) groups excluding carboxylic acids is 1. The number of halogens is 2. The second-order valence-corrected chi connectivity index (χ2v) is 5.61. The maximum atomic E-state index is 12.1. The third-order valence-electron chi connectivity index (χ3n) is 3.36. The Balaban J connectivity index is 0.00000180. The van der Waals surface area contributed by atoms with Crippen LogP contribution in [0.5, 0.6) is 0 Å². The van der Waals surface area contributed by atoms with E-state index in [1.165, 1.54) is 6.42 Å². The zero-order chi connectivity index (χ0) is 13.0. The molecule has 1 fully saturated rings. The third-order valence-corrected chi connectivity index (χ3v) is 4.08. The lowest BCUT2D eigenvalue weighted by atomic mass is 10.0. The van der Waals surface area contributed by atoms with Crippen LogP contribution in [-0.2, 0) is 4.79 Å². The summed E-state index contributed by atoms with van der Waals surface area (Å²) in [5.41, 5.74) is 1.11. The molecule has 19 heavy (non-hydrogen) atoms. The second-order valence-electron chi connectivity index (χ2n) is 4.75. The summed E-state index contributed by atoms with van der Waals surface area (Å²) in [5.74, 6) is 0.109. The van der Waals surface area contributed by atoms with Crippen LogP contribution in [0.4, 0.5) is 0 Å². The first-order valence-corrected chi connectivity index (χ1v) is 7.26. The molecular weight excluding hydrogens is 328 g/mol. The highest BCUT2D eigenvalue weighted by atomic mass is 79.9. The van der Waals surface area contributed by atoms with Gasteiger partial charge in [0.1, 0.15) is 0 Å². The molecule has 1 aliphatic heterocycles. The third kappa shape index (κ3) is 4.48. The molecule has 0 aliphatic carbocycles. The predicted molar refractivity (Wildman–Crippen MR) is 83.6 cm³/mol. The first-order valence-electron chi connectivity index (χ1n) is 6.46. The monoisotopic (exact) mass is 346 g/mol. The lowest BCUT2D eigenvalue weighted by Crippen LogP contribution is -2.47. The van der Waals surface area contributed by atoms with E-state index in [9.17, 15) is 4.79 Å². The SMILES string of the molecule is CC(NC(=O)[C@@H]1CCCCN1)c1ccccc1Br.Cl. The Hall–Kier alpha value is -0.580. The smallest absolute Gasteiger partial charge is 0.237 e. The number of nitrogens with one attached hydrogen (secondary N) is 2. The second kappa shape index (κ2) is 7.88. The van der Waals surface area contributed by atoms with E-state index in [0.717, 1.165) is 29.4 Å². The summed E-state index contributed by atoms with van der Waals surface area (Å²) in [5, 5.41) is 6.34. The fraction of sp³-hybridized carbons (Fsp3) is 0.500. The van der Waals surface area contributed by atoms with Crippen molar-refractivity contribution in [3.8, 4) is 0 Å². The summed E-state index contributed by atoms with van der Waals surface area (Å²) in [6, 6.07) is 7.99.